The van der Waals surface area contributed by atoms with E-state index < -0.39 is 17.4 Å². The fourth-order valence-electron chi connectivity index (χ4n) is 2.56. The molecule has 0 aromatic heterocycles. The van der Waals surface area contributed by atoms with Gasteiger partial charge in [-0.25, -0.2) is 0 Å². The molecule has 1 unspecified atom stereocenters. The van der Waals surface area contributed by atoms with Gasteiger partial charge in [-0.1, -0.05) is 30.3 Å². The van der Waals surface area contributed by atoms with Crippen molar-refractivity contribution in [3.05, 3.63) is 35.9 Å². The van der Waals surface area contributed by atoms with Crippen molar-refractivity contribution < 1.29 is 19.8 Å². The van der Waals surface area contributed by atoms with Crippen molar-refractivity contribution in [3.8, 4) is 0 Å². The molecule has 1 saturated carbocycles. The molecule has 0 radical (unpaired) electrons. The molecule has 1 aromatic carbocycles. The van der Waals surface area contributed by atoms with Crippen LogP contribution in [-0.2, 0) is 9.59 Å². The topological polar surface area (TPSA) is 74.6 Å². The van der Waals surface area contributed by atoms with Gasteiger partial charge in [0.2, 0.25) is 0 Å². The summed E-state index contributed by atoms with van der Waals surface area (Å²) < 4.78 is 0. The van der Waals surface area contributed by atoms with Crippen molar-refractivity contribution in [1.82, 2.24) is 0 Å². The molecule has 0 spiro atoms. The van der Waals surface area contributed by atoms with Gasteiger partial charge in [-0.2, -0.15) is 0 Å². The van der Waals surface area contributed by atoms with Crippen molar-refractivity contribution >= 4 is 11.9 Å². The monoisotopic (exact) mass is 248 g/mol. The number of rotatable bonds is 6. The Hall–Kier alpha value is -1.84. The maximum Gasteiger partial charge on any atom is 0.310 e. The lowest BCUT2D eigenvalue weighted by atomic mass is 9.80. The van der Waals surface area contributed by atoms with Gasteiger partial charge < -0.3 is 10.2 Å². The molecule has 0 aliphatic heterocycles. The van der Waals surface area contributed by atoms with Crippen LogP contribution in [0.2, 0.25) is 0 Å². The minimum Gasteiger partial charge on any atom is -0.481 e. The zero-order chi connectivity index (χ0) is 13.2. The molecule has 0 amide bonds. The predicted octanol–water partition coefficient (Wildman–Crippen LogP) is 2.50. The molecular formula is C14H16O4. The van der Waals surface area contributed by atoms with Gasteiger partial charge in [0.1, 0.15) is 0 Å². The first kappa shape index (κ1) is 12.6. The average Bonchev–Trinajstić information content (AvgIpc) is 3.12. The first-order chi connectivity index (χ1) is 8.56. The minimum atomic E-state index is -0.878. The van der Waals surface area contributed by atoms with Crippen LogP contribution >= 0.6 is 0 Å². The lowest BCUT2D eigenvalue weighted by Gasteiger charge is -2.23. The lowest BCUT2D eigenvalue weighted by Crippen LogP contribution is -2.24. The maximum atomic E-state index is 11.4. The Morgan fingerprint density at radius 3 is 2.22 bits per heavy atom. The first-order valence-corrected chi connectivity index (χ1v) is 6.06. The third-order valence-electron chi connectivity index (χ3n) is 3.73. The molecule has 1 atom stereocenters. The van der Waals surface area contributed by atoms with E-state index in [2.05, 4.69) is 0 Å². The summed E-state index contributed by atoms with van der Waals surface area (Å²) in [5.74, 6) is -1.88. The second kappa shape index (κ2) is 4.80. The van der Waals surface area contributed by atoms with Crippen molar-refractivity contribution in [2.75, 3.05) is 0 Å². The predicted molar refractivity (Wildman–Crippen MR) is 65.4 cm³/mol. The first-order valence-electron chi connectivity index (χ1n) is 6.06. The molecule has 96 valence electrons. The number of carboxylic acids is 2. The second-order valence-corrected chi connectivity index (χ2v) is 4.86. The Balaban J connectivity index is 2.24. The van der Waals surface area contributed by atoms with E-state index in [1.165, 1.54) is 0 Å². The largest absolute Gasteiger partial charge is 0.481 e. The smallest absolute Gasteiger partial charge is 0.310 e. The number of hydrogen-bond acceptors (Lipinski definition) is 2. The third-order valence-corrected chi connectivity index (χ3v) is 3.73. The van der Waals surface area contributed by atoms with E-state index in [1.807, 2.05) is 30.3 Å². The second-order valence-electron chi connectivity index (χ2n) is 4.86. The minimum absolute atomic E-state index is 0.00852. The molecule has 1 fully saturated rings. The number of benzene rings is 1. The summed E-state index contributed by atoms with van der Waals surface area (Å²) in [5.41, 5.74) is 0.190. The van der Waals surface area contributed by atoms with Gasteiger partial charge in [0, 0.05) is 12.3 Å². The molecule has 4 heteroatoms. The zero-order valence-electron chi connectivity index (χ0n) is 10.0. The molecule has 1 aromatic rings. The van der Waals surface area contributed by atoms with Crippen LogP contribution in [0.1, 0.15) is 37.2 Å². The van der Waals surface area contributed by atoms with E-state index in [0.29, 0.717) is 19.3 Å². The number of carbonyl (C=O) groups is 2. The molecule has 4 nitrogen and oxygen atoms in total. The van der Waals surface area contributed by atoms with Gasteiger partial charge in [-0.15, -0.1) is 0 Å². The van der Waals surface area contributed by atoms with Crippen LogP contribution in [0.5, 0.6) is 0 Å². The van der Waals surface area contributed by atoms with Gasteiger partial charge in [-0.3, -0.25) is 9.59 Å². The fraction of sp³-hybridized carbons (Fsp3) is 0.429. The standard InChI is InChI=1S/C14H16O4/c15-12(16)7-6-11(10-4-2-1-3-5-10)14(8-9-14)13(17)18/h1-5,11H,6-9H2,(H,15,16)(H,17,18). The summed E-state index contributed by atoms with van der Waals surface area (Å²) in [5, 5.41) is 18.1. The normalized spacial score (nSPS) is 18.0. The van der Waals surface area contributed by atoms with Gasteiger partial charge in [0.15, 0.2) is 0 Å². The lowest BCUT2D eigenvalue weighted by molar-refractivity contribution is -0.145. The third kappa shape index (κ3) is 2.37. The van der Waals surface area contributed by atoms with Crippen LogP contribution in [0.15, 0.2) is 30.3 Å². The van der Waals surface area contributed by atoms with E-state index in [0.717, 1.165) is 5.56 Å². The Kier molecular flexibility index (Phi) is 3.36. The highest BCUT2D eigenvalue weighted by molar-refractivity contribution is 5.79. The zero-order valence-corrected chi connectivity index (χ0v) is 10.0. The molecule has 0 heterocycles. The Morgan fingerprint density at radius 2 is 1.78 bits per heavy atom. The summed E-state index contributed by atoms with van der Waals surface area (Å²) in [6.07, 6.45) is 1.67. The summed E-state index contributed by atoms with van der Waals surface area (Å²) in [7, 11) is 0. The molecule has 1 aliphatic rings. The van der Waals surface area contributed by atoms with Crippen LogP contribution in [0, 0.1) is 5.41 Å². The summed E-state index contributed by atoms with van der Waals surface area (Å²) in [6, 6.07) is 9.37. The molecule has 1 aliphatic carbocycles. The Bertz CT molecular complexity index is 448. The molecule has 0 bridgehead atoms. The van der Waals surface area contributed by atoms with Crippen LogP contribution in [0.4, 0.5) is 0 Å². The van der Waals surface area contributed by atoms with E-state index in [9.17, 15) is 14.7 Å². The average molecular weight is 248 g/mol. The number of hydrogen-bond donors (Lipinski definition) is 2. The van der Waals surface area contributed by atoms with E-state index in [1.54, 1.807) is 0 Å². The molecular weight excluding hydrogens is 232 g/mol. The summed E-state index contributed by atoms with van der Waals surface area (Å²) in [6.45, 7) is 0. The Morgan fingerprint density at radius 1 is 1.17 bits per heavy atom. The maximum absolute atomic E-state index is 11.4. The van der Waals surface area contributed by atoms with Gasteiger partial charge in [-0.05, 0) is 24.8 Å². The molecule has 0 saturated heterocycles. The van der Waals surface area contributed by atoms with Gasteiger partial charge in [0.25, 0.3) is 0 Å². The molecule has 2 rings (SSSR count). The van der Waals surface area contributed by atoms with Crippen molar-refractivity contribution in [3.63, 3.8) is 0 Å². The van der Waals surface area contributed by atoms with E-state index in [-0.39, 0.29) is 12.3 Å². The highest BCUT2D eigenvalue weighted by atomic mass is 16.4. The highest BCUT2D eigenvalue weighted by Gasteiger charge is 2.56. The number of carboxylic acid groups (broad SMARTS) is 2. The van der Waals surface area contributed by atoms with Crippen LogP contribution in [0.3, 0.4) is 0 Å². The Labute approximate surface area is 105 Å². The van der Waals surface area contributed by atoms with Gasteiger partial charge in [0.05, 0.1) is 5.41 Å². The fourth-order valence-corrected chi connectivity index (χ4v) is 2.56. The molecule has 18 heavy (non-hydrogen) atoms. The summed E-state index contributed by atoms with van der Waals surface area (Å²) >= 11 is 0. The quantitative estimate of drug-likeness (QED) is 0.811. The van der Waals surface area contributed by atoms with Crippen LogP contribution < -0.4 is 0 Å². The highest BCUT2D eigenvalue weighted by Crippen LogP contribution is 2.57. The summed E-state index contributed by atoms with van der Waals surface area (Å²) in [4.78, 5) is 22.1. The van der Waals surface area contributed by atoms with Gasteiger partial charge >= 0.3 is 11.9 Å². The van der Waals surface area contributed by atoms with Crippen molar-refractivity contribution in [1.29, 1.82) is 0 Å². The van der Waals surface area contributed by atoms with Crippen LogP contribution in [-0.4, -0.2) is 22.2 Å². The van der Waals surface area contributed by atoms with Crippen molar-refractivity contribution in [2.24, 2.45) is 5.41 Å². The molecule has 2 N–H and O–H groups in total. The van der Waals surface area contributed by atoms with Crippen molar-refractivity contribution in [2.45, 2.75) is 31.6 Å². The SMILES string of the molecule is O=C(O)CCC(c1ccccc1)C1(C(=O)O)CC1. The van der Waals surface area contributed by atoms with E-state index >= 15 is 0 Å². The van der Waals surface area contributed by atoms with Crippen LogP contribution in [0.25, 0.3) is 0 Å². The van der Waals surface area contributed by atoms with E-state index in [4.69, 9.17) is 5.11 Å². The number of aliphatic carboxylic acids is 2.